The molecule has 10 heteroatoms. The largest absolute Gasteiger partial charge is 0.493 e. The number of para-hydroxylation sites is 1. The lowest BCUT2D eigenvalue weighted by Crippen LogP contribution is -2.33. The van der Waals surface area contributed by atoms with E-state index in [9.17, 15) is 5.11 Å². The summed E-state index contributed by atoms with van der Waals surface area (Å²) in [6.45, 7) is 0.946. The maximum Gasteiger partial charge on any atom is 0.230 e. The van der Waals surface area contributed by atoms with Crippen molar-refractivity contribution >= 4 is 28.5 Å². The number of aromatic nitrogens is 4. The fourth-order valence-corrected chi connectivity index (χ4v) is 4.50. The summed E-state index contributed by atoms with van der Waals surface area (Å²) in [6.07, 6.45) is 5.49. The van der Waals surface area contributed by atoms with Crippen molar-refractivity contribution in [1.29, 1.82) is 0 Å². The zero-order valence-electron chi connectivity index (χ0n) is 19.9. The molecule has 2 aromatic carbocycles. The highest BCUT2D eigenvalue weighted by molar-refractivity contribution is 5.91. The van der Waals surface area contributed by atoms with Crippen LogP contribution in [0.2, 0.25) is 0 Å². The molecule has 1 aliphatic rings. The SMILES string of the molecule is COc1cc(-n2cnc(Nc3nc(N4CCC[C@H]4CO)c4ccccc4n3)c2)cc(OC)c1OC. The third-order valence-electron chi connectivity index (χ3n) is 6.21. The smallest absolute Gasteiger partial charge is 0.230 e. The van der Waals surface area contributed by atoms with Gasteiger partial charge in [0.05, 0.1) is 51.4 Å². The number of fused-ring (bicyclic) bond motifs is 1. The summed E-state index contributed by atoms with van der Waals surface area (Å²) in [5, 5.41) is 14.0. The van der Waals surface area contributed by atoms with E-state index in [4.69, 9.17) is 24.2 Å². The van der Waals surface area contributed by atoms with Crippen LogP contribution in [0.1, 0.15) is 12.8 Å². The van der Waals surface area contributed by atoms with E-state index in [1.54, 1.807) is 27.7 Å². The lowest BCUT2D eigenvalue weighted by Gasteiger charge is -2.25. The first-order valence-electron chi connectivity index (χ1n) is 11.4. The molecule has 1 fully saturated rings. The van der Waals surface area contributed by atoms with Crippen molar-refractivity contribution in [2.45, 2.75) is 18.9 Å². The van der Waals surface area contributed by atoms with Gasteiger partial charge in [0.25, 0.3) is 0 Å². The number of rotatable bonds is 8. The van der Waals surface area contributed by atoms with Crippen molar-refractivity contribution in [3.8, 4) is 22.9 Å². The first kappa shape index (κ1) is 22.7. The van der Waals surface area contributed by atoms with Crippen molar-refractivity contribution in [3.05, 3.63) is 48.9 Å². The first-order chi connectivity index (χ1) is 17.1. The van der Waals surface area contributed by atoms with E-state index >= 15 is 0 Å². The number of hydrogen-bond acceptors (Lipinski definition) is 9. The van der Waals surface area contributed by atoms with Gasteiger partial charge in [-0.25, -0.2) is 9.97 Å². The first-order valence-corrected chi connectivity index (χ1v) is 11.4. The number of aliphatic hydroxyl groups excluding tert-OH is 1. The quantitative estimate of drug-likeness (QED) is 0.395. The zero-order chi connectivity index (χ0) is 24.4. The van der Waals surface area contributed by atoms with E-state index in [0.717, 1.165) is 41.8 Å². The van der Waals surface area contributed by atoms with Crippen LogP contribution in [0.25, 0.3) is 16.6 Å². The number of nitrogens with one attached hydrogen (secondary N) is 1. The number of anilines is 3. The molecule has 10 nitrogen and oxygen atoms in total. The Hall–Kier alpha value is -4.05. The van der Waals surface area contributed by atoms with E-state index in [-0.39, 0.29) is 12.6 Å². The minimum absolute atomic E-state index is 0.0559. The molecule has 1 saturated heterocycles. The molecular weight excluding hydrogens is 448 g/mol. The van der Waals surface area contributed by atoms with Crippen LogP contribution in [0.5, 0.6) is 17.2 Å². The normalized spacial score (nSPS) is 15.4. The van der Waals surface area contributed by atoms with E-state index in [1.807, 2.05) is 47.2 Å². The molecule has 4 aromatic rings. The second-order valence-electron chi connectivity index (χ2n) is 8.23. The minimum Gasteiger partial charge on any atom is -0.493 e. The van der Waals surface area contributed by atoms with Crippen molar-refractivity contribution in [1.82, 2.24) is 19.5 Å². The van der Waals surface area contributed by atoms with E-state index < -0.39 is 0 Å². The van der Waals surface area contributed by atoms with Gasteiger partial charge in [-0.15, -0.1) is 0 Å². The van der Waals surface area contributed by atoms with Gasteiger partial charge in [-0.1, -0.05) is 12.1 Å². The molecule has 0 bridgehead atoms. The Kier molecular flexibility index (Phi) is 6.28. The van der Waals surface area contributed by atoms with Crippen LogP contribution in [0, 0.1) is 0 Å². The Morgan fingerprint density at radius 1 is 1.06 bits per heavy atom. The Morgan fingerprint density at radius 2 is 1.83 bits per heavy atom. The molecule has 3 heterocycles. The van der Waals surface area contributed by atoms with Gasteiger partial charge in [-0.2, -0.15) is 4.98 Å². The number of nitrogens with zero attached hydrogens (tertiary/aromatic N) is 5. The second-order valence-corrected chi connectivity index (χ2v) is 8.23. The molecule has 2 aromatic heterocycles. The standard InChI is InChI=1S/C25H28N6O4/c1-33-20-11-17(12-21(34-2)23(20)35-3)30-13-22(26-15-30)28-25-27-19-9-5-4-8-18(19)24(29-25)31-10-6-7-16(31)14-32/h4-5,8-9,11-13,15-16,32H,6-7,10,14H2,1-3H3,(H,27,28,29)/t16-/m0/s1. The molecule has 1 atom stereocenters. The lowest BCUT2D eigenvalue weighted by molar-refractivity contribution is 0.266. The summed E-state index contributed by atoms with van der Waals surface area (Å²) >= 11 is 0. The lowest BCUT2D eigenvalue weighted by atomic mass is 10.2. The molecule has 0 spiro atoms. The van der Waals surface area contributed by atoms with Crippen LogP contribution >= 0.6 is 0 Å². The van der Waals surface area contributed by atoms with E-state index in [0.29, 0.717) is 29.0 Å². The monoisotopic (exact) mass is 476 g/mol. The summed E-state index contributed by atoms with van der Waals surface area (Å²) in [6, 6.07) is 11.7. The number of hydrogen-bond donors (Lipinski definition) is 2. The maximum atomic E-state index is 9.85. The molecule has 0 amide bonds. The van der Waals surface area contributed by atoms with Gasteiger partial charge >= 0.3 is 0 Å². The van der Waals surface area contributed by atoms with Gasteiger partial charge < -0.3 is 34.1 Å². The van der Waals surface area contributed by atoms with E-state index in [1.165, 1.54) is 0 Å². The number of imidazole rings is 1. The second kappa shape index (κ2) is 9.67. The Morgan fingerprint density at radius 3 is 2.54 bits per heavy atom. The molecular formula is C25H28N6O4. The molecule has 2 N–H and O–H groups in total. The number of ether oxygens (including phenoxy) is 3. The van der Waals surface area contributed by atoms with Gasteiger partial charge in [0, 0.05) is 24.1 Å². The van der Waals surface area contributed by atoms with Crippen LogP contribution in [-0.4, -0.2) is 65.1 Å². The third-order valence-corrected chi connectivity index (χ3v) is 6.21. The fourth-order valence-electron chi connectivity index (χ4n) is 4.50. The highest BCUT2D eigenvalue weighted by Gasteiger charge is 2.27. The third kappa shape index (κ3) is 4.28. The summed E-state index contributed by atoms with van der Waals surface area (Å²) in [4.78, 5) is 16.2. The zero-order valence-corrected chi connectivity index (χ0v) is 19.9. The van der Waals surface area contributed by atoms with E-state index in [2.05, 4.69) is 15.2 Å². The summed E-state index contributed by atoms with van der Waals surface area (Å²) < 4.78 is 18.2. The van der Waals surface area contributed by atoms with Crippen molar-refractivity contribution in [2.75, 3.05) is 44.7 Å². The number of methoxy groups -OCH3 is 3. The summed E-state index contributed by atoms with van der Waals surface area (Å²) in [5.41, 5.74) is 1.62. The molecule has 0 saturated carbocycles. The summed E-state index contributed by atoms with van der Waals surface area (Å²) in [7, 11) is 4.73. The Bertz CT molecular complexity index is 1320. The molecule has 0 unspecified atom stereocenters. The molecule has 1 aliphatic heterocycles. The average Bonchev–Trinajstić information content (AvgIpc) is 3.57. The van der Waals surface area contributed by atoms with Gasteiger partial charge in [-0.3, -0.25) is 0 Å². The van der Waals surface area contributed by atoms with Crippen molar-refractivity contribution in [3.63, 3.8) is 0 Å². The van der Waals surface area contributed by atoms with Crippen molar-refractivity contribution in [2.24, 2.45) is 0 Å². The van der Waals surface area contributed by atoms with Crippen LogP contribution in [0.4, 0.5) is 17.6 Å². The predicted molar refractivity (Wildman–Crippen MR) is 133 cm³/mol. The molecule has 0 radical (unpaired) electrons. The average molecular weight is 477 g/mol. The molecule has 182 valence electrons. The van der Waals surface area contributed by atoms with Gasteiger partial charge in [0.15, 0.2) is 17.3 Å². The minimum atomic E-state index is 0.0559. The van der Waals surface area contributed by atoms with Gasteiger partial charge in [0.1, 0.15) is 12.1 Å². The van der Waals surface area contributed by atoms with Gasteiger partial charge in [-0.05, 0) is 25.0 Å². The van der Waals surface area contributed by atoms with Crippen LogP contribution in [0.3, 0.4) is 0 Å². The predicted octanol–water partition coefficient (Wildman–Crippen LogP) is 3.55. The van der Waals surface area contributed by atoms with Crippen molar-refractivity contribution < 1.29 is 19.3 Å². The topological polar surface area (TPSA) is 107 Å². The number of aliphatic hydroxyl groups is 1. The Labute approximate surface area is 203 Å². The maximum absolute atomic E-state index is 9.85. The van der Waals surface area contributed by atoms with Crippen LogP contribution in [-0.2, 0) is 0 Å². The van der Waals surface area contributed by atoms with Crippen LogP contribution in [0.15, 0.2) is 48.9 Å². The summed E-state index contributed by atoms with van der Waals surface area (Å²) in [5.74, 6) is 3.47. The molecule has 0 aliphatic carbocycles. The Balaban J connectivity index is 1.48. The molecule has 5 rings (SSSR count). The van der Waals surface area contributed by atoms with Crippen LogP contribution < -0.4 is 24.4 Å². The fraction of sp³-hybridized carbons (Fsp3) is 0.320. The highest BCUT2D eigenvalue weighted by Crippen LogP contribution is 2.39. The van der Waals surface area contributed by atoms with Gasteiger partial charge in [0.2, 0.25) is 11.7 Å². The molecule has 35 heavy (non-hydrogen) atoms. The highest BCUT2D eigenvalue weighted by atomic mass is 16.5. The number of benzene rings is 2.